The van der Waals surface area contributed by atoms with Crippen LogP contribution in [-0.4, -0.2) is 29.1 Å². The van der Waals surface area contributed by atoms with Gasteiger partial charge in [-0.3, -0.25) is 0 Å². The third kappa shape index (κ3) is 2.43. The van der Waals surface area contributed by atoms with Crippen LogP contribution in [0.3, 0.4) is 0 Å². The summed E-state index contributed by atoms with van der Waals surface area (Å²) < 4.78 is 0. The molecule has 1 saturated heterocycles. The average Bonchev–Trinajstić information content (AvgIpc) is 2.39. The molecular weight excluding hydrogens is 224 g/mol. The number of anilines is 1. The molecule has 0 aliphatic carbocycles. The van der Waals surface area contributed by atoms with E-state index in [0.29, 0.717) is 6.04 Å². The summed E-state index contributed by atoms with van der Waals surface area (Å²) in [6, 6.07) is 6.70. The van der Waals surface area contributed by atoms with E-state index in [9.17, 15) is 0 Å². The van der Waals surface area contributed by atoms with Crippen molar-refractivity contribution in [1.29, 1.82) is 0 Å². The van der Waals surface area contributed by atoms with Gasteiger partial charge < -0.3 is 10.6 Å². The molecule has 1 aliphatic heterocycles. The fourth-order valence-corrected chi connectivity index (χ4v) is 2.36. The first-order valence-corrected chi connectivity index (χ1v) is 6.52. The van der Waals surface area contributed by atoms with Gasteiger partial charge >= 0.3 is 0 Å². The molecule has 1 aromatic heterocycles. The van der Waals surface area contributed by atoms with Crippen molar-refractivity contribution in [2.75, 3.05) is 18.4 Å². The van der Waals surface area contributed by atoms with E-state index in [2.05, 4.69) is 45.7 Å². The zero-order valence-electron chi connectivity index (χ0n) is 10.6. The molecule has 2 aromatic rings. The molecule has 4 heteroatoms. The summed E-state index contributed by atoms with van der Waals surface area (Å²) in [4.78, 5) is 8.96. The van der Waals surface area contributed by atoms with Gasteiger partial charge in [-0.25, -0.2) is 9.97 Å². The molecule has 1 aliphatic rings. The summed E-state index contributed by atoms with van der Waals surface area (Å²) in [5.41, 5.74) is 2.24. The van der Waals surface area contributed by atoms with Gasteiger partial charge in [-0.15, -0.1) is 0 Å². The first-order chi connectivity index (χ1) is 8.81. The summed E-state index contributed by atoms with van der Waals surface area (Å²) in [6.07, 6.45) is 4.28. The second-order valence-corrected chi connectivity index (χ2v) is 4.94. The maximum Gasteiger partial charge on any atom is 0.223 e. The molecule has 1 fully saturated rings. The van der Waals surface area contributed by atoms with Crippen LogP contribution in [0.1, 0.15) is 18.4 Å². The molecule has 94 valence electrons. The number of benzene rings is 1. The zero-order valence-corrected chi connectivity index (χ0v) is 10.6. The number of hydrogen-bond donors (Lipinski definition) is 2. The van der Waals surface area contributed by atoms with Gasteiger partial charge in [-0.2, -0.15) is 0 Å². The van der Waals surface area contributed by atoms with Gasteiger partial charge in [0.15, 0.2) is 0 Å². The van der Waals surface area contributed by atoms with E-state index in [4.69, 9.17) is 0 Å². The first-order valence-electron chi connectivity index (χ1n) is 6.52. The molecule has 4 nitrogen and oxygen atoms in total. The van der Waals surface area contributed by atoms with Crippen molar-refractivity contribution in [1.82, 2.24) is 15.3 Å². The maximum absolute atomic E-state index is 4.58. The van der Waals surface area contributed by atoms with Gasteiger partial charge in [-0.1, -0.05) is 12.1 Å². The van der Waals surface area contributed by atoms with E-state index in [-0.39, 0.29) is 0 Å². The number of rotatable bonds is 2. The molecule has 0 radical (unpaired) electrons. The normalized spacial score (nSPS) is 19.9. The van der Waals surface area contributed by atoms with E-state index in [1.807, 2.05) is 6.20 Å². The quantitative estimate of drug-likeness (QED) is 0.846. The molecular formula is C14H18N4. The van der Waals surface area contributed by atoms with Gasteiger partial charge in [0.2, 0.25) is 5.95 Å². The monoisotopic (exact) mass is 242 g/mol. The number of piperidine rings is 1. The maximum atomic E-state index is 4.58. The van der Waals surface area contributed by atoms with E-state index >= 15 is 0 Å². The van der Waals surface area contributed by atoms with Crippen molar-refractivity contribution < 1.29 is 0 Å². The highest BCUT2D eigenvalue weighted by Gasteiger charge is 2.13. The predicted octanol–water partition coefficient (Wildman–Crippen LogP) is 2.10. The Morgan fingerprint density at radius 1 is 1.39 bits per heavy atom. The van der Waals surface area contributed by atoms with Crippen LogP contribution in [0.4, 0.5) is 5.95 Å². The highest BCUT2D eigenvalue weighted by atomic mass is 15.1. The Hall–Kier alpha value is -1.68. The van der Waals surface area contributed by atoms with Crippen LogP contribution in [0.5, 0.6) is 0 Å². The smallest absolute Gasteiger partial charge is 0.223 e. The van der Waals surface area contributed by atoms with Crippen LogP contribution in [0.2, 0.25) is 0 Å². The minimum absolute atomic E-state index is 0.445. The van der Waals surface area contributed by atoms with Crippen LogP contribution in [0.25, 0.3) is 10.9 Å². The Balaban J connectivity index is 1.83. The van der Waals surface area contributed by atoms with Crippen molar-refractivity contribution in [3.05, 3.63) is 30.0 Å². The molecule has 2 N–H and O–H groups in total. The lowest BCUT2D eigenvalue weighted by molar-refractivity contribution is 0.478. The molecule has 1 atom stereocenters. The molecule has 1 unspecified atom stereocenters. The van der Waals surface area contributed by atoms with E-state index < -0.39 is 0 Å². The van der Waals surface area contributed by atoms with Gasteiger partial charge in [0, 0.05) is 24.2 Å². The van der Waals surface area contributed by atoms with Gasteiger partial charge in [0.1, 0.15) is 0 Å². The molecule has 0 amide bonds. The molecule has 1 aromatic carbocycles. The van der Waals surface area contributed by atoms with Crippen molar-refractivity contribution in [3.63, 3.8) is 0 Å². The lowest BCUT2D eigenvalue weighted by atomic mass is 10.1. The van der Waals surface area contributed by atoms with Gasteiger partial charge in [0.05, 0.1) is 5.52 Å². The second kappa shape index (κ2) is 4.90. The number of aryl methyl sites for hydroxylation is 1. The Bertz CT molecular complexity index is 546. The molecule has 3 rings (SSSR count). The van der Waals surface area contributed by atoms with Crippen LogP contribution in [0, 0.1) is 6.92 Å². The Kier molecular flexibility index (Phi) is 3.11. The summed E-state index contributed by atoms with van der Waals surface area (Å²) in [6.45, 7) is 4.20. The SMILES string of the molecule is Cc1ccc2cnc(NC3CCCNC3)nc2c1. The highest BCUT2D eigenvalue weighted by Crippen LogP contribution is 2.15. The lowest BCUT2D eigenvalue weighted by Gasteiger charge is -2.23. The van der Waals surface area contributed by atoms with Gasteiger partial charge in [-0.05, 0) is 37.9 Å². The largest absolute Gasteiger partial charge is 0.350 e. The number of fused-ring (bicyclic) bond motifs is 1. The fourth-order valence-electron chi connectivity index (χ4n) is 2.36. The van der Waals surface area contributed by atoms with Crippen LogP contribution in [-0.2, 0) is 0 Å². The molecule has 18 heavy (non-hydrogen) atoms. The van der Waals surface area contributed by atoms with E-state index in [0.717, 1.165) is 29.9 Å². The number of hydrogen-bond acceptors (Lipinski definition) is 4. The van der Waals surface area contributed by atoms with E-state index in [1.54, 1.807) is 0 Å². The van der Waals surface area contributed by atoms with Crippen molar-refractivity contribution in [3.8, 4) is 0 Å². The number of aromatic nitrogens is 2. The summed E-state index contributed by atoms with van der Waals surface area (Å²) in [5.74, 6) is 0.738. The number of nitrogens with one attached hydrogen (secondary N) is 2. The van der Waals surface area contributed by atoms with E-state index in [1.165, 1.54) is 18.4 Å². The van der Waals surface area contributed by atoms with Crippen molar-refractivity contribution >= 4 is 16.9 Å². The first kappa shape index (κ1) is 11.4. The van der Waals surface area contributed by atoms with Crippen molar-refractivity contribution in [2.45, 2.75) is 25.8 Å². The second-order valence-electron chi connectivity index (χ2n) is 4.94. The minimum atomic E-state index is 0.445. The predicted molar refractivity (Wildman–Crippen MR) is 73.8 cm³/mol. The highest BCUT2D eigenvalue weighted by molar-refractivity contribution is 5.79. The topological polar surface area (TPSA) is 49.8 Å². The zero-order chi connectivity index (χ0) is 12.4. The minimum Gasteiger partial charge on any atom is -0.350 e. The van der Waals surface area contributed by atoms with Crippen LogP contribution < -0.4 is 10.6 Å². The van der Waals surface area contributed by atoms with Gasteiger partial charge in [0.25, 0.3) is 0 Å². The van der Waals surface area contributed by atoms with Crippen LogP contribution >= 0.6 is 0 Å². The fraction of sp³-hybridized carbons (Fsp3) is 0.429. The molecule has 0 saturated carbocycles. The molecule has 2 heterocycles. The Morgan fingerprint density at radius 3 is 3.17 bits per heavy atom. The number of nitrogens with zero attached hydrogens (tertiary/aromatic N) is 2. The Labute approximate surface area is 107 Å². The summed E-state index contributed by atoms with van der Waals surface area (Å²) >= 11 is 0. The third-order valence-electron chi connectivity index (χ3n) is 3.37. The lowest BCUT2D eigenvalue weighted by Crippen LogP contribution is -2.38. The summed E-state index contributed by atoms with van der Waals surface area (Å²) in [5, 5.41) is 7.88. The average molecular weight is 242 g/mol. The van der Waals surface area contributed by atoms with Crippen LogP contribution in [0.15, 0.2) is 24.4 Å². The Morgan fingerprint density at radius 2 is 2.33 bits per heavy atom. The third-order valence-corrected chi connectivity index (χ3v) is 3.37. The van der Waals surface area contributed by atoms with Crippen molar-refractivity contribution in [2.24, 2.45) is 0 Å². The summed E-state index contributed by atoms with van der Waals surface area (Å²) in [7, 11) is 0. The molecule has 0 spiro atoms. The standard InChI is InChI=1S/C14H18N4/c1-10-4-5-11-8-16-14(18-13(11)7-10)17-12-3-2-6-15-9-12/h4-5,7-8,12,15H,2-3,6,9H2,1H3,(H,16,17,18). The molecule has 0 bridgehead atoms.